The van der Waals surface area contributed by atoms with Crippen LogP contribution in [-0.4, -0.2) is 45.6 Å². The fraction of sp³-hybridized carbons (Fsp3) is 0.429. The molecule has 0 aromatic heterocycles. The number of rotatable bonds is 14. The molecule has 1 N–H and O–H groups in total. The second-order valence-electron chi connectivity index (χ2n) is 11.6. The summed E-state index contributed by atoms with van der Waals surface area (Å²) in [6.07, 6.45) is 4.04. The van der Waals surface area contributed by atoms with E-state index < -0.39 is 9.84 Å². The molecule has 0 amide bonds. The Balaban J connectivity index is 1.26. The predicted octanol–water partition coefficient (Wildman–Crippen LogP) is 6.53. The van der Waals surface area contributed by atoms with Gasteiger partial charge in [-0.3, -0.25) is 9.59 Å². The number of ketones is 1. The molecule has 1 fully saturated rings. The van der Waals surface area contributed by atoms with Gasteiger partial charge >= 0.3 is 5.97 Å². The van der Waals surface area contributed by atoms with Crippen LogP contribution >= 0.6 is 0 Å². The number of hydrogen-bond acceptors (Lipinski definition) is 6. The highest BCUT2D eigenvalue weighted by Crippen LogP contribution is 2.34. The second kappa shape index (κ2) is 15.4. The van der Waals surface area contributed by atoms with E-state index in [1.54, 1.807) is 31.2 Å². The third-order valence-electron chi connectivity index (χ3n) is 8.34. The first kappa shape index (κ1) is 32.6. The Labute approximate surface area is 255 Å². The topological polar surface area (TPSA) is 89.5 Å². The number of Topliss-reactive ketones (excluding diaryl/α,β-unsaturated/α-hetero) is 1. The van der Waals surface area contributed by atoms with Crippen LogP contribution in [0.2, 0.25) is 0 Å². The largest absolute Gasteiger partial charge is 0.465 e. The molecule has 0 bridgehead atoms. The highest BCUT2D eigenvalue weighted by atomic mass is 32.2. The van der Waals surface area contributed by atoms with Crippen molar-refractivity contribution in [1.82, 2.24) is 5.32 Å². The lowest BCUT2D eigenvalue weighted by atomic mass is 9.78. The van der Waals surface area contributed by atoms with Gasteiger partial charge in [0, 0.05) is 12.3 Å². The average molecular weight is 608 g/mol. The first-order valence-corrected chi connectivity index (χ1v) is 16.9. The summed E-state index contributed by atoms with van der Waals surface area (Å²) >= 11 is 0. The zero-order valence-corrected chi connectivity index (χ0v) is 25.9. The van der Waals surface area contributed by atoms with E-state index in [0.717, 1.165) is 41.5 Å². The van der Waals surface area contributed by atoms with Crippen LogP contribution in [0.4, 0.5) is 4.39 Å². The van der Waals surface area contributed by atoms with E-state index in [4.69, 9.17) is 4.74 Å². The maximum absolute atomic E-state index is 13.2. The molecule has 1 atom stereocenters. The summed E-state index contributed by atoms with van der Waals surface area (Å²) in [5, 5.41) is 3.09. The second-order valence-corrected chi connectivity index (χ2v) is 13.6. The molecule has 0 unspecified atom stereocenters. The summed E-state index contributed by atoms with van der Waals surface area (Å²) in [4.78, 5) is 24.7. The van der Waals surface area contributed by atoms with Crippen molar-refractivity contribution in [3.8, 4) is 11.1 Å². The lowest BCUT2D eigenvalue weighted by molar-refractivity contribution is -0.142. The van der Waals surface area contributed by atoms with Crippen molar-refractivity contribution in [1.29, 1.82) is 0 Å². The first-order chi connectivity index (χ1) is 20.6. The summed E-state index contributed by atoms with van der Waals surface area (Å²) in [5.41, 5.74) is 4.01. The monoisotopic (exact) mass is 607 g/mol. The van der Waals surface area contributed by atoms with E-state index in [-0.39, 0.29) is 47.6 Å². The number of nitrogens with one attached hydrogen (secondary N) is 1. The molecule has 0 heterocycles. The molecule has 8 heteroatoms. The normalized spacial score (nSPS) is 17.7. The molecular formula is C35H42FNO5S. The van der Waals surface area contributed by atoms with Gasteiger partial charge in [-0.25, -0.2) is 12.8 Å². The van der Waals surface area contributed by atoms with E-state index >= 15 is 0 Å². The van der Waals surface area contributed by atoms with Gasteiger partial charge in [-0.2, -0.15) is 0 Å². The number of carbonyl (C=O) groups is 2. The Hall–Kier alpha value is -3.36. The van der Waals surface area contributed by atoms with E-state index in [1.807, 2.05) is 37.3 Å². The molecular weight excluding hydrogens is 565 g/mol. The van der Waals surface area contributed by atoms with Gasteiger partial charge in [0.1, 0.15) is 11.6 Å². The smallest absolute Gasteiger partial charge is 0.319 e. The number of hydrogen-bond donors (Lipinski definition) is 1. The van der Waals surface area contributed by atoms with Crippen LogP contribution in [0.15, 0.2) is 77.7 Å². The van der Waals surface area contributed by atoms with Crippen molar-refractivity contribution in [3.05, 3.63) is 89.7 Å². The molecule has 1 saturated carbocycles. The Morgan fingerprint density at radius 1 is 0.953 bits per heavy atom. The summed E-state index contributed by atoms with van der Waals surface area (Å²) in [7, 11) is -3.45. The van der Waals surface area contributed by atoms with E-state index in [9.17, 15) is 22.4 Å². The van der Waals surface area contributed by atoms with Crippen LogP contribution in [0.5, 0.6) is 0 Å². The van der Waals surface area contributed by atoms with Gasteiger partial charge in [0.25, 0.3) is 0 Å². The first-order valence-electron chi connectivity index (χ1n) is 15.2. The molecule has 6 nitrogen and oxygen atoms in total. The summed E-state index contributed by atoms with van der Waals surface area (Å²) in [6, 6.07) is 21.5. The zero-order valence-electron chi connectivity index (χ0n) is 25.1. The summed E-state index contributed by atoms with van der Waals surface area (Å²) < 4.78 is 44.6. The summed E-state index contributed by atoms with van der Waals surface area (Å²) in [5.74, 6) is -0.220. The van der Waals surface area contributed by atoms with E-state index in [1.165, 1.54) is 12.1 Å². The molecule has 1 aliphatic rings. The zero-order chi connectivity index (χ0) is 30.8. The van der Waals surface area contributed by atoms with Crippen molar-refractivity contribution in [2.75, 3.05) is 25.4 Å². The highest BCUT2D eigenvalue weighted by molar-refractivity contribution is 7.91. The molecule has 0 saturated heterocycles. The fourth-order valence-electron chi connectivity index (χ4n) is 5.83. The van der Waals surface area contributed by atoms with Crippen LogP contribution < -0.4 is 5.32 Å². The van der Waals surface area contributed by atoms with Gasteiger partial charge in [0.2, 0.25) is 0 Å². The number of halogens is 1. The Morgan fingerprint density at radius 2 is 1.65 bits per heavy atom. The Kier molecular flexibility index (Phi) is 11.7. The lowest BCUT2D eigenvalue weighted by Crippen LogP contribution is -2.26. The van der Waals surface area contributed by atoms with Crippen LogP contribution in [-0.2, 0) is 30.6 Å². The van der Waals surface area contributed by atoms with E-state index in [2.05, 4.69) is 11.4 Å². The number of benzene rings is 3. The fourth-order valence-corrected chi connectivity index (χ4v) is 7.53. The van der Waals surface area contributed by atoms with Gasteiger partial charge in [0.15, 0.2) is 9.84 Å². The molecule has 230 valence electrons. The molecule has 1 aliphatic carbocycles. The molecule has 43 heavy (non-hydrogen) atoms. The summed E-state index contributed by atoms with van der Waals surface area (Å²) in [6.45, 7) is 4.96. The van der Waals surface area contributed by atoms with Crippen molar-refractivity contribution < 1.29 is 27.1 Å². The molecule has 0 aliphatic heterocycles. The van der Waals surface area contributed by atoms with Crippen LogP contribution in [0.25, 0.3) is 11.1 Å². The number of esters is 1. The molecule has 3 aromatic carbocycles. The quantitative estimate of drug-likeness (QED) is 0.166. The van der Waals surface area contributed by atoms with Crippen LogP contribution in [0, 0.1) is 17.7 Å². The lowest BCUT2D eigenvalue weighted by Gasteiger charge is -2.28. The number of ether oxygens (including phenoxy) is 1. The van der Waals surface area contributed by atoms with E-state index in [0.29, 0.717) is 37.3 Å². The molecule has 4 rings (SSSR count). The average Bonchev–Trinajstić information content (AvgIpc) is 3.00. The third kappa shape index (κ3) is 9.57. The van der Waals surface area contributed by atoms with Gasteiger partial charge in [-0.1, -0.05) is 55.5 Å². The van der Waals surface area contributed by atoms with Crippen molar-refractivity contribution in [3.63, 3.8) is 0 Å². The minimum atomic E-state index is -3.45. The number of carbonyl (C=O) groups excluding carboxylic acids is 2. The minimum Gasteiger partial charge on any atom is -0.465 e. The van der Waals surface area contributed by atoms with Crippen LogP contribution in [0.3, 0.4) is 0 Å². The Morgan fingerprint density at radius 3 is 2.33 bits per heavy atom. The molecule has 0 radical (unpaired) electrons. The minimum absolute atomic E-state index is 0.0245. The molecule has 0 spiro atoms. The van der Waals surface area contributed by atoms with Gasteiger partial charge in [-0.05, 0) is 104 Å². The Bertz CT molecular complexity index is 1460. The third-order valence-corrected chi connectivity index (χ3v) is 10.2. The maximum atomic E-state index is 13.2. The standard InChI is InChI=1S/C35H42FNO5S/c1-3-42-35(39)23-37-20-19-26-5-4-6-31(22-26)29-13-17-33(18-14-29)43(40,41)24-27-7-9-30(10-8-27)34(38)21-25(2)28-11-15-32(36)16-12-28/h4-6,11-18,22,25,27,30,37H,3,7-10,19-21,23-24H2,1-2H3/t25-,27?,30?/m0/s1. The SMILES string of the molecule is CCOC(=O)CNCCc1cccc(-c2ccc(S(=O)(=O)CC3CCC(C(=O)C[C@H](C)c4ccc(F)cc4)CC3)cc2)c1. The van der Waals surface area contributed by atoms with Crippen molar-refractivity contribution in [2.24, 2.45) is 11.8 Å². The highest BCUT2D eigenvalue weighted by Gasteiger charge is 2.30. The maximum Gasteiger partial charge on any atom is 0.319 e. The molecule has 3 aromatic rings. The predicted molar refractivity (Wildman–Crippen MR) is 167 cm³/mol. The van der Waals surface area contributed by atoms with Gasteiger partial charge in [0.05, 0.1) is 23.8 Å². The van der Waals surface area contributed by atoms with Gasteiger partial charge < -0.3 is 10.1 Å². The van der Waals surface area contributed by atoms with Crippen molar-refractivity contribution >= 4 is 21.6 Å². The van der Waals surface area contributed by atoms with Gasteiger partial charge in [-0.15, -0.1) is 0 Å². The number of sulfone groups is 1. The van der Waals surface area contributed by atoms with Crippen LogP contribution in [0.1, 0.15) is 63.0 Å². The van der Waals surface area contributed by atoms with Crippen molar-refractivity contribution in [2.45, 2.75) is 63.2 Å².